The standard InChI is InChI=1S/C20H25N3O3S/c1-15-9-12-18(27(25,26)22(2)3)13-19(15)21-20(24)23(17-10-11-17)14-16-7-5-4-6-8-16/h4-9,12-13,17H,10-11,14H2,1-3H3,(H,21,24). The van der Waals surface area contributed by atoms with Crippen molar-refractivity contribution in [1.82, 2.24) is 9.21 Å². The van der Waals surface area contributed by atoms with E-state index in [2.05, 4.69) is 5.32 Å². The normalized spacial score (nSPS) is 14.2. The number of amides is 2. The number of rotatable bonds is 6. The van der Waals surface area contributed by atoms with Crippen LogP contribution in [0.2, 0.25) is 0 Å². The summed E-state index contributed by atoms with van der Waals surface area (Å²) in [5, 5.41) is 2.91. The molecule has 1 N–H and O–H groups in total. The summed E-state index contributed by atoms with van der Waals surface area (Å²) in [5.74, 6) is 0. The average Bonchev–Trinajstić information content (AvgIpc) is 3.47. The molecule has 1 aliphatic carbocycles. The fraction of sp³-hybridized carbons (Fsp3) is 0.350. The number of hydrogen-bond donors (Lipinski definition) is 1. The van der Waals surface area contributed by atoms with Crippen LogP contribution < -0.4 is 5.32 Å². The fourth-order valence-corrected chi connectivity index (χ4v) is 3.76. The van der Waals surface area contributed by atoms with Gasteiger partial charge in [-0.1, -0.05) is 36.4 Å². The Bertz CT molecular complexity index is 923. The highest BCUT2D eigenvalue weighted by molar-refractivity contribution is 7.89. The minimum Gasteiger partial charge on any atom is -0.317 e. The molecule has 2 amide bonds. The van der Waals surface area contributed by atoms with Gasteiger partial charge < -0.3 is 10.2 Å². The zero-order chi connectivity index (χ0) is 19.6. The van der Waals surface area contributed by atoms with Gasteiger partial charge in [0.15, 0.2) is 0 Å². The van der Waals surface area contributed by atoms with E-state index in [0.29, 0.717) is 12.2 Å². The Hall–Kier alpha value is -2.38. The first-order valence-corrected chi connectivity index (χ1v) is 10.4. The third-order valence-corrected chi connectivity index (χ3v) is 6.48. The molecule has 7 heteroatoms. The van der Waals surface area contributed by atoms with E-state index in [0.717, 1.165) is 28.3 Å². The Morgan fingerprint density at radius 2 is 1.78 bits per heavy atom. The smallest absolute Gasteiger partial charge is 0.317 e. The lowest BCUT2D eigenvalue weighted by Crippen LogP contribution is -2.36. The number of anilines is 1. The van der Waals surface area contributed by atoms with E-state index in [4.69, 9.17) is 0 Å². The monoisotopic (exact) mass is 387 g/mol. The van der Waals surface area contributed by atoms with Gasteiger partial charge in [0.25, 0.3) is 0 Å². The van der Waals surface area contributed by atoms with Crippen molar-refractivity contribution in [2.45, 2.75) is 37.2 Å². The van der Waals surface area contributed by atoms with Crippen molar-refractivity contribution < 1.29 is 13.2 Å². The third kappa shape index (κ3) is 4.48. The molecule has 0 radical (unpaired) electrons. The second kappa shape index (κ2) is 7.70. The van der Waals surface area contributed by atoms with Crippen LogP contribution in [0.3, 0.4) is 0 Å². The third-order valence-electron chi connectivity index (χ3n) is 4.67. The van der Waals surface area contributed by atoms with Crippen LogP contribution in [0, 0.1) is 6.92 Å². The molecule has 1 fully saturated rings. The van der Waals surface area contributed by atoms with Gasteiger partial charge in [-0.25, -0.2) is 17.5 Å². The molecule has 0 spiro atoms. The van der Waals surface area contributed by atoms with E-state index < -0.39 is 10.0 Å². The zero-order valence-electron chi connectivity index (χ0n) is 15.8. The number of aryl methyl sites for hydroxylation is 1. The maximum atomic E-state index is 12.9. The van der Waals surface area contributed by atoms with Crippen molar-refractivity contribution in [2.75, 3.05) is 19.4 Å². The predicted molar refractivity (Wildman–Crippen MR) is 106 cm³/mol. The summed E-state index contributed by atoms with van der Waals surface area (Å²) < 4.78 is 25.9. The molecule has 144 valence electrons. The summed E-state index contributed by atoms with van der Waals surface area (Å²) in [5.41, 5.74) is 2.40. The minimum absolute atomic E-state index is 0.162. The summed E-state index contributed by atoms with van der Waals surface area (Å²) in [6, 6.07) is 14.7. The summed E-state index contributed by atoms with van der Waals surface area (Å²) >= 11 is 0. The first-order chi connectivity index (χ1) is 12.8. The van der Waals surface area contributed by atoms with Gasteiger partial charge in [-0.3, -0.25) is 0 Å². The molecule has 0 aliphatic heterocycles. The van der Waals surface area contributed by atoms with Crippen molar-refractivity contribution in [2.24, 2.45) is 0 Å². The lowest BCUT2D eigenvalue weighted by atomic mass is 10.2. The van der Waals surface area contributed by atoms with E-state index in [1.807, 2.05) is 42.2 Å². The minimum atomic E-state index is -3.56. The molecule has 3 rings (SSSR count). The van der Waals surface area contributed by atoms with E-state index in [9.17, 15) is 13.2 Å². The van der Waals surface area contributed by atoms with E-state index in [1.54, 1.807) is 12.1 Å². The summed E-state index contributed by atoms with van der Waals surface area (Å²) in [4.78, 5) is 14.9. The molecule has 2 aromatic carbocycles. The fourth-order valence-electron chi connectivity index (χ4n) is 2.83. The van der Waals surface area contributed by atoms with Crippen LogP contribution in [-0.2, 0) is 16.6 Å². The summed E-state index contributed by atoms with van der Waals surface area (Å²) in [7, 11) is -0.580. The molecule has 0 aromatic heterocycles. The molecule has 2 aromatic rings. The molecule has 0 heterocycles. The van der Waals surface area contributed by atoms with Crippen LogP contribution in [-0.4, -0.2) is 43.8 Å². The predicted octanol–water partition coefficient (Wildman–Crippen LogP) is 3.44. The van der Waals surface area contributed by atoms with E-state index in [-0.39, 0.29) is 17.0 Å². The van der Waals surface area contributed by atoms with Crippen molar-refractivity contribution in [3.63, 3.8) is 0 Å². The molecule has 27 heavy (non-hydrogen) atoms. The van der Waals surface area contributed by atoms with Gasteiger partial charge in [0.1, 0.15) is 0 Å². The number of sulfonamides is 1. The van der Waals surface area contributed by atoms with Crippen molar-refractivity contribution in [3.05, 3.63) is 59.7 Å². The number of benzene rings is 2. The second-order valence-corrected chi connectivity index (χ2v) is 9.19. The highest BCUT2D eigenvalue weighted by atomic mass is 32.2. The molecule has 0 saturated heterocycles. The van der Waals surface area contributed by atoms with Crippen LogP contribution >= 0.6 is 0 Å². The quantitative estimate of drug-likeness (QED) is 0.825. The summed E-state index contributed by atoms with van der Waals surface area (Å²) in [6.07, 6.45) is 1.99. The van der Waals surface area contributed by atoms with Crippen LogP contribution in [0.25, 0.3) is 0 Å². The molecule has 6 nitrogen and oxygen atoms in total. The number of urea groups is 1. The van der Waals surface area contributed by atoms with Gasteiger partial charge in [0, 0.05) is 32.4 Å². The Kier molecular flexibility index (Phi) is 5.53. The number of carbonyl (C=O) groups is 1. The lowest BCUT2D eigenvalue weighted by molar-refractivity contribution is 0.206. The Labute approximate surface area is 160 Å². The lowest BCUT2D eigenvalue weighted by Gasteiger charge is -2.24. The molecule has 0 unspecified atom stereocenters. The zero-order valence-corrected chi connectivity index (χ0v) is 16.7. The highest BCUT2D eigenvalue weighted by Crippen LogP contribution is 2.30. The molecule has 0 atom stereocenters. The van der Waals surface area contributed by atoms with Crippen LogP contribution in [0.15, 0.2) is 53.4 Å². The molecule has 1 saturated carbocycles. The van der Waals surface area contributed by atoms with Gasteiger partial charge in [0.05, 0.1) is 4.90 Å². The summed E-state index contributed by atoms with van der Waals surface area (Å²) in [6.45, 7) is 2.38. The maximum Gasteiger partial charge on any atom is 0.322 e. The van der Waals surface area contributed by atoms with Gasteiger partial charge in [-0.15, -0.1) is 0 Å². The number of hydrogen-bond acceptors (Lipinski definition) is 3. The van der Waals surface area contributed by atoms with Gasteiger partial charge in [0.2, 0.25) is 10.0 Å². The molecule has 1 aliphatic rings. The van der Waals surface area contributed by atoms with Crippen LogP contribution in [0.5, 0.6) is 0 Å². The Balaban J connectivity index is 1.82. The first kappa shape index (κ1) is 19.4. The largest absolute Gasteiger partial charge is 0.322 e. The number of nitrogens with zero attached hydrogens (tertiary/aromatic N) is 2. The SMILES string of the molecule is Cc1ccc(S(=O)(=O)N(C)C)cc1NC(=O)N(Cc1ccccc1)C1CC1. The van der Waals surface area contributed by atoms with Crippen LogP contribution in [0.4, 0.5) is 10.5 Å². The van der Waals surface area contributed by atoms with Gasteiger partial charge >= 0.3 is 6.03 Å². The Morgan fingerprint density at radius 3 is 2.37 bits per heavy atom. The molecular formula is C20H25N3O3S. The first-order valence-electron chi connectivity index (χ1n) is 8.94. The number of carbonyl (C=O) groups excluding carboxylic acids is 1. The topological polar surface area (TPSA) is 69.7 Å². The second-order valence-electron chi connectivity index (χ2n) is 7.04. The highest BCUT2D eigenvalue weighted by Gasteiger charge is 2.33. The maximum absolute atomic E-state index is 12.9. The van der Waals surface area contributed by atoms with E-state index in [1.165, 1.54) is 20.2 Å². The van der Waals surface area contributed by atoms with Crippen molar-refractivity contribution in [3.8, 4) is 0 Å². The van der Waals surface area contributed by atoms with Crippen LogP contribution in [0.1, 0.15) is 24.0 Å². The van der Waals surface area contributed by atoms with Crippen molar-refractivity contribution in [1.29, 1.82) is 0 Å². The Morgan fingerprint density at radius 1 is 1.11 bits per heavy atom. The van der Waals surface area contributed by atoms with E-state index >= 15 is 0 Å². The van der Waals surface area contributed by atoms with Gasteiger partial charge in [-0.05, 0) is 43.0 Å². The molecular weight excluding hydrogens is 362 g/mol. The average molecular weight is 388 g/mol. The number of nitrogens with one attached hydrogen (secondary N) is 1. The molecule has 0 bridgehead atoms. The van der Waals surface area contributed by atoms with Gasteiger partial charge in [-0.2, -0.15) is 0 Å². The van der Waals surface area contributed by atoms with Crippen molar-refractivity contribution >= 4 is 21.7 Å².